The summed E-state index contributed by atoms with van der Waals surface area (Å²) in [4.78, 5) is 21.3. The van der Waals surface area contributed by atoms with Crippen molar-refractivity contribution in [2.75, 3.05) is 5.33 Å². The maximum absolute atomic E-state index is 11.2. The van der Waals surface area contributed by atoms with Crippen molar-refractivity contribution >= 4 is 39.0 Å². The van der Waals surface area contributed by atoms with Crippen LogP contribution in [0.4, 0.5) is 5.69 Å². The lowest BCUT2D eigenvalue weighted by atomic mass is 10.1. The van der Waals surface area contributed by atoms with Crippen LogP contribution in [0.15, 0.2) is 23.4 Å². The van der Waals surface area contributed by atoms with Crippen LogP contribution in [0.5, 0.6) is 0 Å². The highest BCUT2D eigenvalue weighted by molar-refractivity contribution is 9.09. The van der Waals surface area contributed by atoms with Crippen LogP contribution < -0.4 is 0 Å². The van der Waals surface area contributed by atoms with Crippen LogP contribution in [0.1, 0.15) is 10.4 Å². The molecule has 0 aliphatic rings. The van der Waals surface area contributed by atoms with E-state index in [-0.39, 0.29) is 21.8 Å². The minimum atomic E-state index is -0.123. The fourth-order valence-electron chi connectivity index (χ4n) is 0.859. The Balaban J connectivity index is 3.12. The highest BCUT2D eigenvalue weighted by Crippen LogP contribution is 2.23. The Labute approximate surface area is 88.2 Å². The number of carbonyl (C=O) groups is 1. The molecule has 0 aliphatic carbocycles. The van der Waals surface area contributed by atoms with Gasteiger partial charge in [-0.05, 0) is 23.4 Å². The molecule has 1 aromatic carbocycles. The maximum Gasteiger partial charge on any atom is 0.174 e. The number of rotatable bonds is 3. The van der Waals surface area contributed by atoms with E-state index in [4.69, 9.17) is 11.6 Å². The number of hydrogen-bond donors (Lipinski definition) is 0. The third-order valence-corrected chi connectivity index (χ3v) is 2.30. The van der Waals surface area contributed by atoms with Gasteiger partial charge in [0.25, 0.3) is 0 Å². The van der Waals surface area contributed by atoms with E-state index < -0.39 is 0 Å². The molecule has 0 N–H and O–H groups in total. The van der Waals surface area contributed by atoms with E-state index in [1.807, 2.05) is 0 Å². The molecule has 5 heteroatoms. The number of benzene rings is 1. The predicted octanol–water partition coefficient (Wildman–Crippen LogP) is 3.32. The van der Waals surface area contributed by atoms with Gasteiger partial charge in [0.15, 0.2) is 5.78 Å². The minimum Gasteiger partial charge on any atom is -0.293 e. The lowest BCUT2D eigenvalue weighted by molar-refractivity contribution is 0.102. The van der Waals surface area contributed by atoms with Gasteiger partial charge in [0, 0.05) is 5.56 Å². The molecule has 68 valence electrons. The zero-order chi connectivity index (χ0) is 9.84. The normalized spacial score (nSPS) is 9.69. The van der Waals surface area contributed by atoms with Gasteiger partial charge >= 0.3 is 0 Å². The van der Waals surface area contributed by atoms with E-state index in [0.29, 0.717) is 5.56 Å². The van der Waals surface area contributed by atoms with Gasteiger partial charge in [-0.2, -0.15) is 0 Å². The molecule has 0 saturated heterocycles. The van der Waals surface area contributed by atoms with Crippen LogP contribution >= 0.6 is 27.5 Å². The highest BCUT2D eigenvalue weighted by Gasteiger charge is 2.09. The van der Waals surface area contributed by atoms with Crippen LogP contribution in [0.2, 0.25) is 5.02 Å². The van der Waals surface area contributed by atoms with Gasteiger partial charge in [0.05, 0.1) is 10.4 Å². The number of carbonyl (C=O) groups excluding carboxylic acids is 1. The first-order valence-electron chi connectivity index (χ1n) is 3.41. The molecule has 0 fully saturated rings. The molecule has 13 heavy (non-hydrogen) atoms. The summed E-state index contributed by atoms with van der Waals surface area (Å²) < 4.78 is 0. The van der Waals surface area contributed by atoms with Gasteiger partial charge in [-0.25, -0.2) is 0 Å². The molecule has 1 aromatic rings. The lowest BCUT2D eigenvalue weighted by Crippen LogP contribution is -2.00. The molecule has 0 saturated carbocycles. The largest absolute Gasteiger partial charge is 0.293 e. The maximum atomic E-state index is 11.2. The third kappa shape index (κ3) is 2.35. The molecule has 0 atom stereocenters. The Hall–Kier alpha value is -0.740. The van der Waals surface area contributed by atoms with Gasteiger partial charge in [-0.1, -0.05) is 27.5 Å². The van der Waals surface area contributed by atoms with Crippen LogP contribution in [0.25, 0.3) is 0 Å². The van der Waals surface area contributed by atoms with Crippen LogP contribution in [-0.2, 0) is 0 Å². The van der Waals surface area contributed by atoms with Crippen molar-refractivity contribution in [3.63, 3.8) is 0 Å². The monoisotopic (exact) mass is 261 g/mol. The van der Waals surface area contributed by atoms with Crippen molar-refractivity contribution in [2.24, 2.45) is 5.18 Å². The van der Waals surface area contributed by atoms with E-state index >= 15 is 0 Å². The standard InChI is InChI=1S/C8H5BrClNO2/c9-4-8(12)6-2-1-5(11-13)3-7(6)10/h1-3H,4H2. The van der Waals surface area contributed by atoms with E-state index in [9.17, 15) is 9.70 Å². The first-order valence-corrected chi connectivity index (χ1v) is 4.91. The topological polar surface area (TPSA) is 46.5 Å². The number of Topliss-reactive ketones (excluding diaryl/α,β-unsaturated/α-hetero) is 1. The van der Waals surface area contributed by atoms with Crippen molar-refractivity contribution in [2.45, 2.75) is 0 Å². The molecule has 0 bridgehead atoms. The van der Waals surface area contributed by atoms with Crippen molar-refractivity contribution in [1.29, 1.82) is 0 Å². The molecule has 0 aliphatic heterocycles. The van der Waals surface area contributed by atoms with Crippen LogP contribution in [-0.4, -0.2) is 11.1 Å². The van der Waals surface area contributed by atoms with Crippen LogP contribution in [0.3, 0.4) is 0 Å². The molecular formula is C8H5BrClNO2. The van der Waals surface area contributed by atoms with Crippen molar-refractivity contribution in [3.8, 4) is 0 Å². The number of nitroso groups, excluding NO2 is 1. The van der Waals surface area contributed by atoms with Gasteiger partial charge in [-0.3, -0.25) is 4.79 Å². The summed E-state index contributed by atoms with van der Waals surface area (Å²) in [6, 6.07) is 4.31. The van der Waals surface area contributed by atoms with E-state index in [1.54, 1.807) is 0 Å². The van der Waals surface area contributed by atoms with Crippen molar-refractivity contribution < 1.29 is 4.79 Å². The average molecular weight is 262 g/mol. The summed E-state index contributed by atoms with van der Waals surface area (Å²) in [7, 11) is 0. The van der Waals surface area contributed by atoms with E-state index in [1.165, 1.54) is 18.2 Å². The molecule has 0 aromatic heterocycles. The third-order valence-electron chi connectivity index (χ3n) is 1.48. The predicted molar refractivity (Wildman–Crippen MR) is 55.0 cm³/mol. The number of hydrogen-bond acceptors (Lipinski definition) is 3. The molecule has 0 radical (unpaired) electrons. The summed E-state index contributed by atoms with van der Waals surface area (Å²) in [5, 5.41) is 3.16. The Bertz CT molecular complexity index is 354. The molecular weight excluding hydrogens is 257 g/mol. The van der Waals surface area contributed by atoms with Crippen LogP contribution in [0, 0.1) is 4.91 Å². The van der Waals surface area contributed by atoms with Gasteiger partial charge in [0.1, 0.15) is 5.69 Å². The smallest absolute Gasteiger partial charge is 0.174 e. The summed E-state index contributed by atoms with van der Waals surface area (Å²) in [5.74, 6) is -0.123. The van der Waals surface area contributed by atoms with Gasteiger partial charge in [-0.15, -0.1) is 4.91 Å². The molecule has 0 spiro atoms. The SMILES string of the molecule is O=Nc1ccc(C(=O)CBr)c(Cl)c1. The number of nitrogens with zero attached hydrogens (tertiary/aromatic N) is 1. The lowest BCUT2D eigenvalue weighted by Gasteiger charge is -1.99. The Morgan fingerprint density at radius 3 is 2.69 bits per heavy atom. The van der Waals surface area contributed by atoms with Crippen molar-refractivity contribution in [3.05, 3.63) is 33.7 Å². The van der Waals surface area contributed by atoms with Gasteiger partial charge < -0.3 is 0 Å². The first kappa shape index (κ1) is 10.3. The summed E-state index contributed by atoms with van der Waals surface area (Å²) in [6.07, 6.45) is 0. The quantitative estimate of drug-likeness (QED) is 0.476. The Morgan fingerprint density at radius 2 is 2.23 bits per heavy atom. The Kier molecular flexibility index (Phi) is 3.57. The number of ketones is 1. The molecule has 0 amide bonds. The number of halogens is 2. The minimum absolute atomic E-state index is 0.123. The zero-order valence-corrected chi connectivity index (χ0v) is 8.80. The summed E-state index contributed by atoms with van der Waals surface area (Å²) in [6.45, 7) is 0. The van der Waals surface area contributed by atoms with Gasteiger partial charge in [0.2, 0.25) is 0 Å². The summed E-state index contributed by atoms with van der Waals surface area (Å²) >= 11 is 8.77. The second kappa shape index (κ2) is 4.48. The fraction of sp³-hybridized carbons (Fsp3) is 0.125. The molecule has 0 unspecified atom stereocenters. The molecule has 3 nitrogen and oxygen atoms in total. The molecule has 1 rings (SSSR count). The van der Waals surface area contributed by atoms with Crippen molar-refractivity contribution in [1.82, 2.24) is 0 Å². The zero-order valence-electron chi connectivity index (χ0n) is 6.46. The van der Waals surface area contributed by atoms with E-state index in [2.05, 4.69) is 21.1 Å². The average Bonchev–Trinajstić information content (AvgIpc) is 2.16. The molecule has 0 heterocycles. The first-order chi connectivity index (χ1) is 6.19. The number of alkyl halides is 1. The Morgan fingerprint density at radius 1 is 1.54 bits per heavy atom. The summed E-state index contributed by atoms with van der Waals surface area (Å²) in [5.41, 5.74) is 0.613. The van der Waals surface area contributed by atoms with E-state index in [0.717, 1.165) is 0 Å². The fourth-order valence-corrected chi connectivity index (χ4v) is 1.44. The second-order valence-corrected chi connectivity index (χ2v) is 3.28. The highest BCUT2D eigenvalue weighted by atomic mass is 79.9. The second-order valence-electron chi connectivity index (χ2n) is 2.31.